The fourth-order valence-electron chi connectivity index (χ4n) is 3.65. The summed E-state index contributed by atoms with van der Waals surface area (Å²) in [5.41, 5.74) is 0.716. The van der Waals surface area contributed by atoms with Gasteiger partial charge in [-0.3, -0.25) is 19.7 Å². The average molecular weight is 446 g/mol. The van der Waals surface area contributed by atoms with Crippen molar-refractivity contribution in [2.75, 3.05) is 26.7 Å². The summed E-state index contributed by atoms with van der Waals surface area (Å²) in [7, 11) is 1.68. The van der Waals surface area contributed by atoms with Crippen molar-refractivity contribution in [3.05, 3.63) is 68.7 Å². The second-order valence-electron chi connectivity index (χ2n) is 7.48. The Labute approximate surface area is 185 Å². The van der Waals surface area contributed by atoms with Crippen molar-refractivity contribution in [3.63, 3.8) is 0 Å². The lowest BCUT2D eigenvalue weighted by Crippen LogP contribution is -2.47. The van der Waals surface area contributed by atoms with Crippen molar-refractivity contribution in [2.45, 2.75) is 25.8 Å². The highest BCUT2D eigenvalue weighted by Crippen LogP contribution is 2.25. The Morgan fingerprint density at radius 3 is 2.74 bits per heavy atom. The van der Waals surface area contributed by atoms with Crippen LogP contribution in [-0.4, -0.2) is 59.3 Å². The molecule has 31 heavy (non-hydrogen) atoms. The Kier molecular flexibility index (Phi) is 7.12. The number of carbonyl (C=O) groups is 2. The summed E-state index contributed by atoms with van der Waals surface area (Å²) in [5.74, 6) is 0.177. The number of nitro groups is 1. The van der Waals surface area contributed by atoms with Crippen LogP contribution >= 0.6 is 11.6 Å². The number of halogens is 1. The van der Waals surface area contributed by atoms with Gasteiger partial charge in [-0.15, -0.1) is 0 Å². The molecule has 1 fully saturated rings. The minimum atomic E-state index is -0.556. The van der Waals surface area contributed by atoms with E-state index >= 15 is 0 Å². The van der Waals surface area contributed by atoms with Gasteiger partial charge in [0, 0.05) is 35.8 Å². The smallest absolute Gasteiger partial charge is 0.272 e. The summed E-state index contributed by atoms with van der Waals surface area (Å²) in [5, 5.41) is 11.6. The second kappa shape index (κ2) is 9.78. The first-order valence-corrected chi connectivity index (χ1v) is 10.3. The highest BCUT2D eigenvalue weighted by atomic mass is 35.5. The maximum absolute atomic E-state index is 13.0. The number of likely N-dealkylation sites (tertiary alicyclic amines) is 1. The summed E-state index contributed by atoms with van der Waals surface area (Å²) in [6.07, 6.45) is 1.30. The molecular weight excluding hydrogens is 422 g/mol. The molecule has 0 saturated carbocycles. The van der Waals surface area contributed by atoms with Crippen LogP contribution in [0.25, 0.3) is 0 Å². The van der Waals surface area contributed by atoms with Crippen LogP contribution in [-0.2, 0) is 4.79 Å². The van der Waals surface area contributed by atoms with Gasteiger partial charge in [-0.05, 0) is 50.1 Å². The number of nitrogens with zero attached hydrogens (tertiary/aromatic N) is 3. The Morgan fingerprint density at radius 2 is 2.06 bits per heavy atom. The third kappa shape index (κ3) is 5.32. The zero-order valence-electron chi connectivity index (χ0n) is 17.4. The molecule has 1 aliphatic heterocycles. The number of likely N-dealkylation sites (N-methyl/N-ethyl adjacent to an activating group) is 1. The number of aryl methyl sites for hydroxylation is 1. The van der Waals surface area contributed by atoms with Gasteiger partial charge in [0.05, 0.1) is 11.5 Å². The van der Waals surface area contributed by atoms with E-state index in [4.69, 9.17) is 16.3 Å². The van der Waals surface area contributed by atoms with E-state index in [1.165, 1.54) is 18.2 Å². The third-order valence-corrected chi connectivity index (χ3v) is 5.54. The number of nitro benzene ring substituents is 1. The van der Waals surface area contributed by atoms with E-state index in [1.807, 2.05) is 0 Å². The first-order valence-electron chi connectivity index (χ1n) is 9.97. The third-order valence-electron chi connectivity index (χ3n) is 5.31. The molecule has 0 spiro atoms. The molecule has 1 aliphatic rings. The van der Waals surface area contributed by atoms with Crippen molar-refractivity contribution in [2.24, 2.45) is 0 Å². The number of hydrogen-bond acceptors (Lipinski definition) is 5. The molecule has 3 rings (SSSR count). The number of benzene rings is 2. The fourth-order valence-corrected chi connectivity index (χ4v) is 3.83. The minimum Gasteiger partial charge on any atom is -0.492 e. The molecule has 0 aliphatic carbocycles. The van der Waals surface area contributed by atoms with Crippen LogP contribution in [0, 0.1) is 17.0 Å². The molecule has 2 aromatic rings. The Bertz CT molecular complexity index is 997. The maximum Gasteiger partial charge on any atom is 0.272 e. The van der Waals surface area contributed by atoms with Crippen LogP contribution in [0.3, 0.4) is 0 Å². The predicted octanol–water partition coefficient (Wildman–Crippen LogP) is 3.70. The first-order chi connectivity index (χ1) is 14.8. The van der Waals surface area contributed by atoms with Gasteiger partial charge in [0.1, 0.15) is 18.4 Å². The van der Waals surface area contributed by atoms with Crippen LogP contribution in [0.1, 0.15) is 28.8 Å². The summed E-state index contributed by atoms with van der Waals surface area (Å²) >= 11 is 5.94. The number of amides is 2. The monoisotopic (exact) mass is 445 g/mol. The molecule has 0 bridgehead atoms. The molecule has 0 radical (unpaired) electrons. The number of ether oxygens (including phenoxy) is 1. The number of hydrogen-bond donors (Lipinski definition) is 0. The molecule has 0 N–H and O–H groups in total. The summed E-state index contributed by atoms with van der Waals surface area (Å²) in [6, 6.07) is 10.7. The van der Waals surface area contributed by atoms with E-state index in [2.05, 4.69) is 0 Å². The molecule has 1 unspecified atom stereocenters. The number of rotatable bonds is 7. The highest BCUT2D eigenvalue weighted by Gasteiger charge is 2.36. The molecule has 1 heterocycles. The predicted molar refractivity (Wildman–Crippen MR) is 116 cm³/mol. The minimum absolute atomic E-state index is 0.0370. The van der Waals surface area contributed by atoms with E-state index in [0.717, 1.165) is 6.42 Å². The van der Waals surface area contributed by atoms with Crippen molar-refractivity contribution in [1.29, 1.82) is 0 Å². The molecule has 0 aromatic heterocycles. The molecule has 9 heteroatoms. The molecule has 2 aromatic carbocycles. The lowest BCUT2D eigenvalue weighted by molar-refractivity contribution is -0.385. The maximum atomic E-state index is 13.0. The van der Waals surface area contributed by atoms with Crippen LogP contribution in [0.5, 0.6) is 5.75 Å². The van der Waals surface area contributed by atoms with Gasteiger partial charge in [-0.1, -0.05) is 17.7 Å². The largest absolute Gasteiger partial charge is 0.492 e. The van der Waals surface area contributed by atoms with Crippen LogP contribution in [0.15, 0.2) is 42.5 Å². The van der Waals surface area contributed by atoms with Gasteiger partial charge in [0.15, 0.2) is 0 Å². The highest BCUT2D eigenvalue weighted by molar-refractivity contribution is 6.30. The van der Waals surface area contributed by atoms with Gasteiger partial charge >= 0.3 is 0 Å². The lowest BCUT2D eigenvalue weighted by atomic mass is 10.1. The van der Waals surface area contributed by atoms with Crippen molar-refractivity contribution in [3.8, 4) is 5.75 Å². The normalized spacial score (nSPS) is 15.6. The van der Waals surface area contributed by atoms with Gasteiger partial charge in [0.25, 0.3) is 11.6 Å². The Balaban J connectivity index is 1.62. The van der Waals surface area contributed by atoms with E-state index in [1.54, 1.807) is 48.0 Å². The SMILES string of the molecule is Cc1cc(C(=O)N2CCCC2C(=O)N(C)CCOc2cccc(Cl)c2)ccc1[N+](=O)[O-]. The van der Waals surface area contributed by atoms with Gasteiger partial charge in [-0.25, -0.2) is 0 Å². The molecule has 1 atom stereocenters. The molecular formula is C22H24ClN3O5. The Morgan fingerprint density at radius 1 is 1.29 bits per heavy atom. The van der Waals surface area contributed by atoms with Crippen molar-refractivity contribution in [1.82, 2.24) is 9.80 Å². The molecule has 164 valence electrons. The van der Waals surface area contributed by atoms with Crippen LogP contribution in [0.4, 0.5) is 5.69 Å². The summed E-state index contributed by atoms with van der Waals surface area (Å²) in [4.78, 5) is 39.6. The first kappa shape index (κ1) is 22.6. The quantitative estimate of drug-likeness (QED) is 0.478. The van der Waals surface area contributed by atoms with Crippen molar-refractivity contribution < 1.29 is 19.2 Å². The van der Waals surface area contributed by atoms with Gasteiger partial charge < -0.3 is 14.5 Å². The van der Waals surface area contributed by atoms with Crippen LogP contribution in [0.2, 0.25) is 5.02 Å². The lowest BCUT2D eigenvalue weighted by Gasteiger charge is -2.28. The standard InChI is InChI=1S/C22H24ClN3O5/c1-15-13-16(8-9-19(15)26(29)30)21(27)25-10-4-7-20(25)22(28)24(2)11-12-31-18-6-3-5-17(23)14-18/h3,5-6,8-9,13-14,20H,4,7,10-12H2,1-2H3. The van der Waals surface area contributed by atoms with Gasteiger partial charge in [0.2, 0.25) is 5.91 Å². The summed E-state index contributed by atoms with van der Waals surface area (Å²) in [6.45, 7) is 2.72. The molecule has 1 saturated heterocycles. The van der Waals surface area contributed by atoms with E-state index in [0.29, 0.717) is 48.0 Å². The summed E-state index contributed by atoms with van der Waals surface area (Å²) < 4.78 is 5.64. The van der Waals surface area contributed by atoms with Crippen LogP contribution < -0.4 is 4.74 Å². The van der Waals surface area contributed by atoms with E-state index in [-0.39, 0.29) is 17.5 Å². The van der Waals surface area contributed by atoms with E-state index < -0.39 is 11.0 Å². The molecule has 2 amide bonds. The van der Waals surface area contributed by atoms with E-state index in [9.17, 15) is 19.7 Å². The Hall–Kier alpha value is -3.13. The molecule has 8 nitrogen and oxygen atoms in total. The van der Waals surface area contributed by atoms with Crippen molar-refractivity contribution >= 4 is 29.1 Å². The fraction of sp³-hybridized carbons (Fsp3) is 0.364. The zero-order valence-corrected chi connectivity index (χ0v) is 18.2. The van der Waals surface area contributed by atoms with Gasteiger partial charge in [-0.2, -0.15) is 0 Å². The number of carbonyl (C=O) groups excluding carboxylic acids is 2. The average Bonchev–Trinajstić information content (AvgIpc) is 3.22. The topological polar surface area (TPSA) is 93.0 Å². The zero-order chi connectivity index (χ0) is 22.5. The second-order valence-corrected chi connectivity index (χ2v) is 7.92.